The number of nitrogens with one attached hydrogen (secondary N) is 1. The summed E-state index contributed by atoms with van der Waals surface area (Å²) in [6.07, 6.45) is 10.3. The Balaban J connectivity index is 1.75. The van der Waals surface area contributed by atoms with Crippen LogP contribution in [0.3, 0.4) is 0 Å². The fourth-order valence-corrected chi connectivity index (χ4v) is 4.53. The van der Waals surface area contributed by atoms with Crippen LogP contribution in [0.2, 0.25) is 0 Å². The van der Waals surface area contributed by atoms with Gasteiger partial charge in [0.05, 0.1) is 0 Å². The van der Waals surface area contributed by atoms with E-state index in [0.29, 0.717) is 18.0 Å². The largest absolute Gasteiger partial charge is 0.353 e. The van der Waals surface area contributed by atoms with Crippen LogP contribution in [-0.2, 0) is 13.6 Å². The van der Waals surface area contributed by atoms with Gasteiger partial charge < -0.3 is 14.8 Å². The zero-order valence-electron chi connectivity index (χ0n) is 17.1. The molecule has 26 heavy (non-hydrogen) atoms. The fraction of sp³-hybridized carbons (Fsp3) is 0.850. The van der Waals surface area contributed by atoms with Crippen LogP contribution in [0.1, 0.15) is 76.9 Å². The van der Waals surface area contributed by atoms with Crippen LogP contribution in [0.5, 0.6) is 0 Å². The van der Waals surface area contributed by atoms with Crippen LogP contribution in [0, 0.1) is 12.3 Å². The van der Waals surface area contributed by atoms with Gasteiger partial charge in [0.15, 0.2) is 11.8 Å². The molecule has 1 saturated carbocycles. The third-order valence-corrected chi connectivity index (χ3v) is 6.18. The second-order valence-corrected chi connectivity index (χ2v) is 8.57. The zero-order valence-corrected chi connectivity index (χ0v) is 17.1. The fourth-order valence-electron chi connectivity index (χ4n) is 4.53. The van der Waals surface area contributed by atoms with E-state index in [1.54, 1.807) is 0 Å². The minimum Gasteiger partial charge on any atom is -0.353 e. The number of aromatic nitrogens is 3. The van der Waals surface area contributed by atoms with E-state index in [9.17, 15) is 0 Å². The summed E-state index contributed by atoms with van der Waals surface area (Å²) in [7, 11) is 2.02. The molecule has 2 fully saturated rings. The van der Waals surface area contributed by atoms with E-state index >= 15 is 0 Å². The van der Waals surface area contributed by atoms with Crippen molar-refractivity contribution < 1.29 is 0 Å². The molecule has 3 rings (SSSR count). The molecule has 1 atom stereocenters. The van der Waals surface area contributed by atoms with E-state index in [1.807, 2.05) is 18.5 Å². The molecule has 1 unspecified atom stereocenters. The van der Waals surface area contributed by atoms with Crippen molar-refractivity contribution in [3.63, 3.8) is 0 Å². The lowest BCUT2D eigenvalue weighted by atomic mass is 9.78. The van der Waals surface area contributed by atoms with Crippen molar-refractivity contribution in [2.45, 2.75) is 84.7 Å². The van der Waals surface area contributed by atoms with Crippen LogP contribution >= 0.6 is 0 Å². The van der Waals surface area contributed by atoms with E-state index < -0.39 is 0 Å². The maximum Gasteiger partial charge on any atom is 0.194 e. The molecule has 2 aliphatic rings. The average molecular weight is 361 g/mol. The van der Waals surface area contributed by atoms with Crippen molar-refractivity contribution in [1.82, 2.24) is 25.0 Å². The van der Waals surface area contributed by atoms with Gasteiger partial charge in [-0.05, 0) is 44.4 Å². The number of hydrogen-bond donors (Lipinski definition) is 1. The maximum atomic E-state index is 4.99. The van der Waals surface area contributed by atoms with Crippen LogP contribution in [0.4, 0.5) is 0 Å². The van der Waals surface area contributed by atoms with E-state index in [1.165, 1.54) is 51.4 Å². The molecule has 1 aliphatic heterocycles. The van der Waals surface area contributed by atoms with Gasteiger partial charge in [0.2, 0.25) is 0 Å². The van der Waals surface area contributed by atoms with Crippen LogP contribution in [-0.4, -0.2) is 44.8 Å². The summed E-state index contributed by atoms with van der Waals surface area (Å²) in [6, 6.07) is 0.578. The Hall–Kier alpha value is -1.59. The lowest BCUT2D eigenvalue weighted by Gasteiger charge is -2.42. The summed E-state index contributed by atoms with van der Waals surface area (Å²) in [6.45, 7) is 9.54. The number of guanidine groups is 1. The monoisotopic (exact) mass is 360 g/mol. The van der Waals surface area contributed by atoms with Gasteiger partial charge in [0.25, 0.3) is 0 Å². The van der Waals surface area contributed by atoms with Crippen LogP contribution < -0.4 is 5.32 Å². The standard InChI is InChI=1S/C20H36N6/c1-5-11-20(3)12-8-13-26(15-20)19(22-17-9-6-7-10-17)21-14-18-24-23-16(2)25(18)4/h17H,5-15H2,1-4H3,(H,21,22). The predicted molar refractivity (Wildman–Crippen MR) is 106 cm³/mol. The first-order valence-electron chi connectivity index (χ1n) is 10.4. The zero-order chi connectivity index (χ0) is 18.6. The molecule has 0 spiro atoms. The number of likely N-dealkylation sites (tertiary alicyclic amines) is 1. The average Bonchev–Trinajstić information content (AvgIpc) is 3.23. The Morgan fingerprint density at radius 1 is 1.27 bits per heavy atom. The Morgan fingerprint density at radius 2 is 2.04 bits per heavy atom. The van der Waals surface area contributed by atoms with E-state index in [-0.39, 0.29) is 0 Å². The molecule has 1 saturated heterocycles. The summed E-state index contributed by atoms with van der Waals surface area (Å²) >= 11 is 0. The number of hydrogen-bond acceptors (Lipinski definition) is 3. The highest BCUT2D eigenvalue weighted by molar-refractivity contribution is 5.80. The molecule has 6 heteroatoms. The highest BCUT2D eigenvalue weighted by Crippen LogP contribution is 2.34. The molecule has 1 N–H and O–H groups in total. The third-order valence-electron chi connectivity index (χ3n) is 6.18. The first-order valence-corrected chi connectivity index (χ1v) is 10.4. The van der Waals surface area contributed by atoms with Crippen molar-refractivity contribution in [2.24, 2.45) is 17.5 Å². The van der Waals surface area contributed by atoms with Crippen molar-refractivity contribution >= 4 is 5.96 Å². The first kappa shape index (κ1) is 19.2. The number of nitrogens with zero attached hydrogens (tertiary/aromatic N) is 5. The van der Waals surface area contributed by atoms with Crippen molar-refractivity contribution in [3.8, 4) is 0 Å². The lowest BCUT2D eigenvalue weighted by Crippen LogP contribution is -2.51. The minimum absolute atomic E-state index is 0.409. The van der Waals surface area contributed by atoms with Crippen molar-refractivity contribution in [1.29, 1.82) is 0 Å². The molecular weight excluding hydrogens is 324 g/mol. The molecule has 6 nitrogen and oxygen atoms in total. The highest BCUT2D eigenvalue weighted by Gasteiger charge is 2.32. The summed E-state index contributed by atoms with van der Waals surface area (Å²) in [5.74, 6) is 2.95. The Labute approximate surface area is 158 Å². The minimum atomic E-state index is 0.409. The van der Waals surface area contributed by atoms with Crippen molar-refractivity contribution in [3.05, 3.63) is 11.6 Å². The summed E-state index contributed by atoms with van der Waals surface area (Å²) in [5, 5.41) is 12.2. The smallest absolute Gasteiger partial charge is 0.194 e. The van der Waals surface area contributed by atoms with Gasteiger partial charge in [0, 0.05) is 26.2 Å². The quantitative estimate of drug-likeness (QED) is 0.646. The Morgan fingerprint density at radius 3 is 2.69 bits per heavy atom. The Kier molecular flexibility index (Phi) is 6.20. The molecule has 1 aromatic heterocycles. The number of aliphatic imine (C=N–C) groups is 1. The molecule has 0 bridgehead atoms. The Bertz CT molecular complexity index is 612. The van der Waals surface area contributed by atoms with E-state index in [2.05, 4.69) is 34.3 Å². The molecule has 0 radical (unpaired) electrons. The van der Waals surface area contributed by atoms with Gasteiger partial charge in [-0.25, -0.2) is 4.99 Å². The normalized spacial score (nSPS) is 25.1. The summed E-state index contributed by atoms with van der Waals surface area (Å²) < 4.78 is 2.04. The summed E-state index contributed by atoms with van der Waals surface area (Å²) in [5.41, 5.74) is 0.409. The number of rotatable bonds is 5. The predicted octanol–water partition coefficient (Wildman–Crippen LogP) is 3.41. The van der Waals surface area contributed by atoms with Crippen molar-refractivity contribution in [2.75, 3.05) is 13.1 Å². The molecule has 1 aliphatic carbocycles. The molecule has 0 amide bonds. The molecule has 0 aromatic carbocycles. The second kappa shape index (κ2) is 8.40. The molecular formula is C20H36N6. The molecule has 1 aromatic rings. The number of aryl methyl sites for hydroxylation is 1. The maximum absolute atomic E-state index is 4.99. The van der Waals surface area contributed by atoms with Gasteiger partial charge in [-0.3, -0.25) is 0 Å². The van der Waals surface area contributed by atoms with E-state index in [0.717, 1.165) is 30.7 Å². The van der Waals surface area contributed by atoms with Gasteiger partial charge in [-0.15, -0.1) is 10.2 Å². The SMILES string of the molecule is CCCC1(C)CCCN(C(=NCc2nnc(C)n2C)NC2CCCC2)C1. The van der Waals surface area contributed by atoms with Gasteiger partial charge in [-0.2, -0.15) is 0 Å². The van der Waals surface area contributed by atoms with E-state index in [4.69, 9.17) is 4.99 Å². The highest BCUT2D eigenvalue weighted by atomic mass is 15.3. The second-order valence-electron chi connectivity index (χ2n) is 8.57. The van der Waals surface area contributed by atoms with Gasteiger partial charge in [-0.1, -0.05) is 33.1 Å². The van der Waals surface area contributed by atoms with Crippen LogP contribution in [0.15, 0.2) is 4.99 Å². The van der Waals surface area contributed by atoms with Crippen LogP contribution in [0.25, 0.3) is 0 Å². The summed E-state index contributed by atoms with van der Waals surface area (Å²) in [4.78, 5) is 7.49. The first-order chi connectivity index (χ1) is 12.5. The van der Waals surface area contributed by atoms with Gasteiger partial charge >= 0.3 is 0 Å². The topological polar surface area (TPSA) is 58.3 Å². The third kappa shape index (κ3) is 4.57. The van der Waals surface area contributed by atoms with Gasteiger partial charge in [0.1, 0.15) is 12.4 Å². The lowest BCUT2D eigenvalue weighted by molar-refractivity contribution is 0.141. The number of piperidine rings is 1. The molecule has 2 heterocycles. The molecule has 146 valence electrons.